The van der Waals surface area contributed by atoms with Crippen molar-refractivity contribution >= 4 is 27.6 Å². The van der Waals surface area contributed by atoms with Gasteiger partial charge in [0.1, 0.15) is 5.75 Å². The maximum absolute atomic E-state index is 12.9. The number of nitrogens with one attached hydrogen (secondary N) is 3. The number of carbonyl (C=O) groups excluding carboxylic acids is 1. The molecule has 30 heavy (non-hydrogen) atoms. The molecule has 1 aliphatic carbocycles. The SMILES string of the molecule is COc1ccc2[nH]c3c(c2c1)CCC[C@@H]3NC(=O)Cc1n[nH]c(=O)c2ccccc12. The van der Waals surface area contributed by atoms with Gasteiger partial charge in [0.2, 0.25) is 5.91 Å². The Morgan fingerprint density at radius 2 is 2.03 bits per heavy atom. The van der Waals surface area contributed by atoms with Gasteiger partial charge in [-0.25, -0.2) is 5.10 Å². The van der Waals surface area contributed by atoms with Crippen LogP contribution in [-0.4, -0.2) is 28.2 Å². The number of H-pyrrole nitrogens is 2. The van der Waals surface area contributed by atoms with E-state index >= 15 is 0 Å². The third kappa shape index (κ3) is 3.12. The van der Waals surface area contributed by atoms with Crippen LogP contribution in [0, 0.1) is 0 Å². The van der Waals surface area contributed by atoms with Crippen molar-refractivity contribution in [3.8, 4) is 5.75 Å². The van der Waals surface area contributed by atoms with Gasteiger partial charge in [-0.15, -0.1) is 0 Å². The van der Waals surface area contributed by atoms with Crippen LogP contribution in [0.1, 0.15) is 35.8 Å². The van der Waals surface area contributed by atoms with Crippen molar-refractivity contribution < 1.29 is 9.53 Å². The number of aromatic nitrogens is 3. The number of fused-ring (bicyclic) bond motifs is 4. The summed E-state index contributed by atoms with van der Waals surface area (Å²) in [5.74, 6) is 0.709. The molecule has 7 nitrogen and oxygen atoms in total. The number of hydrogen-bond donors (Lipinski definition) is 3. The van der Waals surface area contributed by atoms with Crippen molar-refractivity contribution in [1.82, 2.24) is 20.5 Å². The summed E-state index contributed by atoms with van der Waals surface area (Å²) in [7, 11) is 1.66. The molecule has 0 unspecified atom stereocenters. The number of hydrogen-bond acceptors (Lipinski definition) is 4. The Balaban J connectivity index is 1.42. The first-order valence-corrected chi connectivity index (χ1v) is 10.1. The van der Waals surface area contributed by atoms with Crippen molar-refractivity contribution in [3.63, 3.8) is 0 Å². The Morgan fingerprint density at radius 1 is 1.20 bits per heavy atom. The van der Waals surface area contributed by atoms with E-state index in [0.717, 1.165) is 41.6 Å². The molecule has 152 valence electrons. The Labute approximate surface area is 172 Å². The predicted octanol–water partition coefficient (Wildman–Crippen LogP) is 3.15. The molecular formula is C23H22N4O3. The van der Waals surface area contributed by atoms with Gasteiger partial charge in [-0.2, -0.15) is 5.10 Å². The smallest absolute Gasteiger partial charge is 0.272 e. The van der Waals surface area contributed by atoms with Gasteiger partial charge in [0.25, 0.3) is 5.56 Å². The van der Waals surface area contributed by atoms with E-state index in [1.165, 1.54) is 5.56 Å². The second-order valence-corrected chi connectivity index (χ2v) is 7.66. The van der Waals surface area contributed by atoms with E-state index in [9.17, 15) is 9.59 Å². The predicted molar refractivity (Wildman–Crippen MR) is 115 cm³/mol. The maximum atomic E-state index is 12.9. The lowest BCUT2D eigenvalue weighted by molar-refractivity contribution is -0.121. The van der Waals surface area contributed by atoms with Crippen LogP contribution in [0.15, 0.2) is 47.3 Å². The standard InChI is InChI=1S/C23H22N4O3/c1-30-13-9-10-18-17(11-13)15-7-4-8-19(22(15)25-18)24-21(28)12-20-14-5-2-3-6-16(14)23(29)27-26-20/h2-3,5-6,9-11,19,25H,4,7-8,12H2,1H3,(H,24,28)(H,27,29)/t19-/m0/s1. The number of amides is 1. The van der Waals surface area contributed by atoms with Crippen LogP contribution in [0.3, 0.4) is 0 Å². The zero-order valence-corrected chi connectivity index (χ0v) is 16.6. The van der Waals surface area contributed by atoms with E-state index in [0.29, 0.717) is 16.5 Å². The minimum atomic E-state index is -0.250. The summed E-state index contributed by atoms with van der Waals surface area (Å²) in [5.41, 5.74) is 3.68. The van der Waals surface area contributed by atoms with E-state index in [-0.39, 0.29) is 23.9 Å². The van der Waals surface area contributed by atoms with E-state index < -0.39 is 0 Å². The summed E-state index contributed by atoms with van der Waals surface area (Å²) < 4.78 is 5.37. The highest BCUT2D eigenvalue weighted by Crippen LogP contribution is 2.36. The quantitative estimate of drug-likeness (QED) is 0.488. The first kappa shape index (κ1) is 18.4. The fourth-order valence-corrected chi connectivity index (χ4v) is 4.42. The summed E-state index contributed by atoms with van der Waals surface area (Å²) in [4.78, 5) is 28.3. The zero-order chi connectivity index (χ0) is 20.7. The molecule has 4 aromatic rings. The highest BCUT2D eigenvalue weighted by Gasteiger charge is 2.26. The molecule has 1 atom stereocenters. The highest BCUT2D eigenvalue weighted by atomic mass is 16.5. The molecule has 1 aliphatic rings. The second kappa shape index (κ2) is 7.33. The molecule has 2 aromatic heterocycles. The van der Waals surface area contributed by atoms with Crippen LogP contribution < -0.4 is 15.6 Å². The van der Waals surface area contributed by atoms with Crippen molar-refractivity contribution in [2.75, 3.05) is 7.11 Å². The van der Waals surface area contributed by atoms with Gasteiger partial charge < -0.3 is 15.0 Å². The molecule has 0 fully saturated rings. The molecule has 5 rings (SSSR count). The van der Waals surface area contributed by atoms with Crippen LogP contribution in [0.5, 0.6) is 5.75 Å². The molecule has 3 N–H and O–H groups in total. The topological polar surface area (TPSA) is 99.9 Å². The first-order valence-electron chi connectivity index (χ1n) is 10.1. The fraction of sp³-hybridized carbons (Fsp3) is 0.261. The summed E-state index contributed by atoms with van der Waals surface area (Å²) >= 11 is 0. The Bertz CT molecular complexity index is 1320. The Morgan fingerprint density at radius 3 is 2.87 bits per heavy atom. The zero-order valence-electron chi connectivity index (χ0n) is 16.6. The lowest BCUT2D eigenvalue weighted by atomic mass is 9.91. The van der Waals surface area contributed by atoms with Gasteiger partial charge in [-0.05, 0) is 49.1 Å². The minimum Gasteiger partial charge on any atom is -0.497 e. The second-order valence-electron chi connectivity index (χ2n) is 7.66. The average Bonchev–Trinajstić information content (AvgIpc) is 3.15. The van der Waals surface area contributed by atoms with Crippen molar-refractivity contribution in [2.45, 2.75) is 31.7 Å². The number of methoxy groups -OCH3 is 1. The molecule has 0 spiro atoms. The van der Waals surface area contributed by atoms with Crippen LogP contribution in [-0.2, 0) is 17.6 Å². The van der Waals surface area contributed by atoms with Crippen molar-refractivity contribution in [2.24, 2.45) is 0 Å². The molecule has 0 bridgehead atoms. The summed E-state index contributed by atoms with van der Waals surface area (Å²) in [6.07, 6.45) is 2.96. The molecular weight excluding hydrogens is 380 g/mol. The molecule has 0 radical (unpaired) electrons. The maximum Gasteiger partial charge on any atom is 0.272 e. The third-order valence-corrected chi connectivity index (χ3v) is 5.85. The average molecular weight is 402 g/mol. The first-order chi connectivity index (χ1) is 14.6. The van der Waals surface area contributed by atoms with Gasteiger partial charge in [0.05, 0.1) is 30.7 Å². The van der Waals surface area contributed by atoms with Gasteiger partial charge in [0, 0.05) is 22.0 Å². The molecule has 1 amide bonds. The van der Waals surface area contributed by atoms with Gasteiger partial charge >= 0.3 is 0 Å². The monoisotopic (exact) mass is 402 g/mol. The largest absolute Gasteiger partial charge is 0.497 e. The van der Waals surface area contributed by atoms with Gasteiger partial charge in [-0.1, -0.05) is 18.2 Å². The summed E-state index contributed by atoms with van der Waals surface area (Å²) in [5, 5.41) is 12.2. The summed E-state index contributed by atoms with van der Waals surface area (Å²) in [6, 6.07) is 13.1. The number of carbonyl (C=O) groups is 1. The highest BCUT2D eigenvalue weighted by molar-refractivity contribution is 5.89. The number of nitrogens with zero attached hydrogens (tertiary/aromatic N) is 1. The number of ether oxygens (including phenoxy) is 1. The lowest BCUT2D eigenvalue weighted by Crippen LogP contribution is -2.32. The third-order valence-electron chi connectivity index (χ3n) is 5.85. The van der Waals surface area contributed by atoms with Crippen molar-refractivity contribution in [3.05, 3.63) is 69.8 Å². The lowest BCUT2D eigenvalue weighted by Gasteiger charge is -2.24. The summed E-state index contributed by atoms with van der Waals surface area (Å²) in [6.45, 7) is 0. The molecule has 0 saturated carbocycles. The number of benzene rings is 2. The van der Waals surface area contributed by atoms with Crippen LogP contribution in [0.2, 0.25) is 0 Å². The van der Waals surface area contributed by atoms with E-state index in [1.54, 1.807) is 19.2 Å². The van der Waals surface area contributed by atoms with Gasteiger partial charge in [-0.3, -0.25) is 9.59 Å². The normalized spacial score (nSPS) is 15.8. The fourth-order valence-electron chi connectivity index (χ4n) is 4.42. The molecule has 0 saturated heterocycles. The van der Waals surface area contributed by atoms with E-state index in [4.69, 9.17) is 4.74 Å². The van der Waals surface area contributed by atoms with E-state index in [2.05, 4.69) is 20.5 Å². The van der Waals surface area contributed by atoms with Crippen LogP contribution in [0.4, 0.5) is 0 Å². The number of aryl methyl sites for hydroxylation is 1. The number of aromatic amines is 2. The Hall–Kier alpha value is -3.61. The molecule has 2 aromatic carbocycles. The van der Waals surface area contributed by atoms with Crippen molar-refractivity contribution in [1.29, 1.82) is 0 Å². The Kier molecular flexibility index (Phi) is 4.50. The minimum absolute atomic E-state index is 0.0753. The molecule has 7 heteroatoms. The van der Waals surface area contributed by atoms with Crippen LogP contribution >= 0.6 is 0 Å². The van der Waals surface area contributed by atoms with E-state index in [1.807, 2.05) is 30.3 Å². The molecule has 2 heterocycles. The molecule has 0 aliphatic heterocycles. The number of rotatable bonds is 4. The van der Waals surface area contributed by atoms with Gasteiger partial charge in [0.15, 0.2) is 0 Å². The van der Waals surface area contributed by atoms with Crippen LogP contribution in [0.25, 0.3) is 21.7 Å².